The van der Waals surface area contributed by atoms with Gasteiger partial charge >= 0.3 is 6.03 Å². The van der Waals surface area contributed by atoms with Crippen LogP contribution in [0.25, 0.3) is 0 Å². The molecule has 0 unspecified atom stereocenters. The number of carbonyl (C=O) groups is 1. The number of likely N-dealkylation sites (tertiary alicyclic amines) is 1. The van der Waals surface area contributed by atoms with Crippen LogP contribution in [0.1, 0.15) is 39.5 Å². The maximum Gasteiger partial charge on any atom is 0.320 e. The molecule has 2 aliphatic rings. The Morgan fingerprint density at radius 3 is 2.40 bits per heavy atom. The average Bonchev–Trinajstić information content (AvgIpc) is 2.88. The lowest BCUT2D eigenvalue weighted by Gasteiger charge is -2.29. The van der Waals surface area contributed by atoms with Gasteiger partial charge in [-0.2, -0.15) is 0 Å². The SMILES string of the molecule is CC(C)CN(C(=O)N1CCCC1)C1CC1. The minimum absolute atomic E-state index is 0.295. The van der Waals surface area contributed by atoms with E-state index in [1.165, 1.54) is 25.7 Å². The molecule has 1 saturated carbocycles. The van der Waals surface area contributed by atoms with Crippen LogP contribution in [0, 0.1) is 5.92 Å². The first-order valence-electron chi connectivity index (χ1n) is 6.24. The predicted molar refractivity (Wildman–Crippen MR) is 60.8 cm³/mol. The zero-order valence-electron chi connectivity index (χ0n) is 9.91. The molecule has 2 fully saturated rings. The maximum atomic E-state index is 12.2. The number of hydrogen-bond acceptors (Lipinski definition) is 1. The van der Waals surface area contributed by atoms with Crippen molar-refractivity contribution in [3.05, 3.63) is 0 Å². The van der Waals surface area contributed by atoms with Crippen molar-refractivity contribution < 1.29 is 4.79 Å². The average molecular weight is 210 g/mol. The zero-order chi connectivity index (χ0) is 10.8. The van der Waals surface area contributed by atoms with Crippen LogP contribution in [0.15, 0.2) is 0 Å². The van der Waals surface area contributed by atoms with Gasteiger partial charge in [-0.05, 0) is 31.6 Å². The zero-order valence-corrected chi connectivity index (χ0v) is 9.91. The van der Waals surface area contributed by atoms with Gasteiger partial charge in [0.2, 0.25) is 0 Å². The van der Waals surface area contributed by atoms with Crippen molar-refractivity contribution in [1.29, 1.82) is 0 Å². The molecule has 3 nitrogen and oxygen atoms in total. The first-order chi connectivity index (χ1) is 7.18. The Morgan fingerprint density at radius 1 is 1.33 bits per heavy atom. The van der Waals surface area contributed by atoms with Crippen LogP contribution < -0.4 is 0 Å². The molecule has 86 valence electrons. The summed E-state index contributed by atoms with van der Waals surface area (Å²) >= 11 is 0. The Labute approximate surface area is 92.4 Å². The highest BCUT2D eigenvalue weighted by atomic mass is 16.2. The fourth-order valence-corrected chi connectivity index (χ4v) is 2.25. The molecule has 0 spiro atoms. The molecule has 0 atom stereocenters. The number of rotatable bonds is 3. The monoisotopic (exact) mass is 210 g/mol. The van der Waals surface area contributed by atoms with E-state index >= 15 is 0 Å². The fraction of sp³-hybridized carbons (Fsp3) is 0.917. The van der Waals surface area contributed by atoms with Gasteiger partial charge in [-0.1, -0.05) is 13.8 Å². The molecule has 0 aromatic rings. The lowest BCUT2D eigenvalue weighted by atomic mass is 10.2. The standard InChI is InChI=1S/C12H22N2O/c1-10(2)9-14(11-5-6-11)12(15)13-7-3-4-8-13/h10-11H,3-9H2,1-2H3. The van der Waals surface area contributed by atoms with Gasteiger partial charge in [0.1, 0.15) is 0 Å². The molecule has 0 aromatic heterocycles. The number of carbonyl (C=O) groups excluding carboxylic acids is 1. The van der Waals surface area contributed by atoms with Gasteiger partial charge in [0.05, 0.1) is 0 Å². The van der Waals surface area contributed by atoms with Crippen LogP contribution >= 0.6 is 0 Å². The summed E-state index contributed by atoms with van der Waals surface area (Å²) in [4.78, 5) is 16.3. The number of nitrogens with zero attached hydrogens (tertiary/aromatic N) is 2. The van der Waals surface area contributed by atoms with Crippen molar-refractivity contribution in [3.8, 4) is 0 Å². The maximum absolute atomic E-state index is 12.2. The highest BCUT2D eigenvalue weighted by Crippen LogP contribution is 2.29. The molecule has 1 saturated heterocycles. The molecule has 3 heteroatoms. The second-order valence-corrected chi connectivity index (χ2v) is 5.25. The Kier molecular flexibility index (Phi) is 3.17. The summed E-state index contributed by atoms with van der Waals surface area (Å²) in [7, 11) is 0. The van der Waals surface area contributed by atoms with Crippen molar-refractivity contribution in [2.24, 2.45) is 5.92 Å². The van der Waals surface area contributed by atoms with Crippen molar-refractivity contribution in [3.63, 3.8) is 0 Å². The van der Waals surface area contributed by atoms with Crippen molar-refractivity contribution in [1.82, 2.24) is 9.80 Å². The Hall–Kier alpha value is -0.730. The minimum atomic E-state index is 0.295. The molecule has 0 aromatic carbocycles. The highest BCUT2D eigenvalue weighted by molar-refractivity contribution is 5.75. The van der Waals surface area contributed by atoms with E-state index in [1.807, 2.05) is 4.90 Å². The van der Waals surface area contributed by atoms with E-state index in [-0.39, 0.29) is 0 Å². The predicted octanol–water partition coefficient (Wildman–Crippen LogP) is 2.32. The molecule has 0 bridgehead atoms. The Bertz CT molecular complexity index is 230. The topological polar surface area (TPSA) is 23.6 Å². The molecule has 1 aliphatic carbocycles. The second-order valence-electron chi connectivity index (χ2n) is 5.25. The normalized spacial score (nSPS) is 21.1. The molecule has 15 heavy (non-hydrogen) atoms. The van der Waals surface area contributed by atoms with Crippen LogP contribution in [0.5, 0.6) is 0 Å². The first kappa shape index (κ1) is 10.8. The second kappa shape index (κ2) is 4.42. The Balaban J connectivity index is 1.93. The van der Waals surface area contributed by atoms with Crippen LogP contribution in [0.2, 0.25) is 0 Å². The van der Waals surface area contributed by atoms with Crippen LogP contribution in [-0.2, 0) is 0 Å². The van der Waals surface area contributed by atoms with Gasteiger partial charge in [0.25, 0.3) is 0 Å². The smallest absolute Gasteiger partial charge is 0.320 e. The summed E-state index contributed by atoms with van der Waals surface area (Å²) in [6.45, 7) is 7.25. The van der Waals surface area contributed by atoms with Crippen LogP contribution in [-0.4, -0.2) is 41.5 Å². The summed E-state index contributed by atoms with van der Waals surface area (Å²) in [5, 5.41) is 0. The summed E-state index contributed by atoms with van der Waals surface area (Å²) in [5.41, 5.74) is 0. The van der Waals surface area contributed by atoms with E-state index < -0.39 is 0 Å². The lowest BCUT2D eigenvalue weighted by molar-refractivity contribution is 0.153. The van der Waals surface area contributed by atoms with Gasteiger partial charge in [0.15, 0.2) is 0 Å². The van der Waals surface area contributed by atoms with Gasteiger partial charge < -0.3 is 9.80 Å². The van der Waals surface area contributed by atoms with E-state index in [0.717, 1.165) is 19.6 Å². The van der Waals surface area contributed by atoms with Gasteiger partial charge in [-0.3, -0.25) is 0 Å². The molecule has 1 aliphatic heterocycles. The molecule has 1 heterocycles. The van der Waals surface area contributed by atoms with Crippen molar-refractivity contribution in [2.75, 3.05) is 19.6 Å². The van der Waals surface area contributed by atoms with E-state index in [9.17, 15) is 4.79 Å². The number of hydrogen-bond donors (Lipinski definition) is 0. The molecular formula is C12H22N2O. The third-order valence-corrected chi connectivity index (χ3v) is 3.17. The summed E-state index contributed by atoms with van der Waals surface area (Å²) < 4.78 is 0. The quantitative estimate of drug-likeness (QED) is 0.701. The molecule has 0 N–H and O–H groups in total. The third-order valence-electron chi connectivity index (χ3n) is 3.17. The van der Waals surface area contributed by atoms with Crippen LogP contribution in [0.4, 0.5) is 4.79 Å². The van der Waals surface area contributed by atoms with E-state index in [2.05, 4.69) is 18.7 Å². The highest BCUT2D eigenvalue weighted by Gasteiger charge is 2.35. The van der Waals surface area contributed by atoms with Gasteiger partial charge in [-0.15, -0.1) is 0 Å². The molecule has 2 amide bonds. The minimum Gasteiger partial charge on any atom is -0.325 e. The Morgan fingerprint density at radius 2 is 1.93 bits per heavy atom. The number of amides is 2. The summed E-state index contributed by atoms with van der Waals surface area (Å²) in [6, 6.07) is 0.851. The van der Waals surface area contributed by atoms with Crippen molar-refractivity contribution >= 4 is 6.03 Å². The largest absolute Gasteiger partial charge is 0.325 e. The summed E-state index contributed by atoms with van der Waals surface area (Å²) in [5.74, 6) is 0.581. The fourth-order valence-electron chi connectivity index (χ4n) is 2.25. The summed E-state index contributed by atoms with van der Waals surface area (Å²) in [6.07, 6.45) is 4.80. The lowest BCUT2D eigenvalue weighted by Crippen LogP contribution is -2.44. The van der Waals surface area contributed by atoms with E-state index in [1.54, 1.807) is 0 Å². The first-order valence-corrected chi connectivity index (χ1v) is 6.24. The molecule has 0 radical (unpaired) electrons. The van der Waals surface area contributed by atoms with Gasteiger partial charge in [0, 0.05) is 25.7 Å². The number of urea groups is 1. The van der Waals surface area contributed by atoms with Gasteiger partial charge in [-0.25, -0.2) is 4.79 Å². The van der Waals surface area contributed by atoms with E-state index in [4.69, 9.17) is 0 Å². The molecular weight excluding hydrogens is 188 g/mol. The van der Waals surface area contributed by atoms with Crippen molar-refractivity contribution in [2.45, 2.75) is 45.6 Å². The third kappa shape index (κ3) is 2.64. The molecule has 2 rings (SSSR count). The van der Waals surface area contributed by atoms with Crippen LogP contribution in [0.3, 0.4) is 0 Å². The van der Waals surface area contributed by atoms with E-state index in [0.29, 0.717) is 18.0 Å².